The molecule has 4 aromatic rings. The average Bonchev–Trinajstić information content (AvgIpc) is 3.22. The summed E-state index contributed by atoms with van der Waals surface area (Å²) >= 11 is 0. The van der Waals surface area contributed by atoms with Crippen LogP contribution in [-0.2, 0) is 11.5 Å². The maximum absolute atomic E-state index is 12.5. The van der Waals surface area contributed by atoms with Gasteiger partial charge in [0.05, 0.1) is 4.92 Å². The molecule has 0 aliphatic carbocycles. The maximum atomic E-state index is 12.5. The standard InChI is InChI=1S/C34H44N6O4Si/c1-36(2)34(41)26-10-8-25(9-11-26)30-23-39(24-44-18-19-45(4,5)6)33-29(30)20-28(22-35-33)27-12-13-31(32(21-27)40(42)43)38-15-7-14-37(3)16-17-38/h8-13,20-23H,7,14-19,24H2,1-6H3. The second-order valence-electron chi connectivity index (χ2n) is 13.3. The number of pyridine rings is 1. The zero-order chi connectivity index (χ0) is 32.3. The highest BCUT2D eigenvalue weighted by atomic mass is 28.3. The summed E-state index contributed by atoms with van der Waals surface area (Å²) in [5.41, 5.74) is 5.59. The van der Waals surface area contributed by atoms with Gasteiger partial charge in [-0.05, 0) is 61.4 Å². The summed E-state index contributed by atoms with van der Waals surface area (Å²) in [4.78, 5) is 35.3. The lowest BCUT2D eigenvalue weighted by molar-refractivity contribution is -0.384. The highest BCUT2D eigenvalue weighted by molar-refractivity contribution is 6.76. The van der Waals surface area contributed by atoms with E-state index in [1.807, 2.05) is 47.2 Å². The van der Waals surface area contributed by atoms with Gasteiger partial charge in [0, 0.05) is 88.9 Å². The molecule has 0 spiro atoms. The Bertz CT molecular complexity index is 1680. The van der Waals surface area contributed by atoms with E-state index in [1.54, 1.807) is 31.3 Å². The molecule has 1 amide bonds. The smallest absolute Gasteiger partial charge is 0.293 e. The van der Waals surface area contributed by atoms with Gasteiger partial charge in [-0.1, -0.05) is 37.8 Å². The number of hydrogen-bond acceptors (Lipinski definition) is 7. The fraction of sp³-hybridized carbons (Fsp3) is 0.412. The second-order valence-corrected chi connectivity index (χ2v) is 19.0. The van der Waals surface area contributed by atoms with Gasteiger partial charge in [-0.3, -0.25) is 14.9 Å². The number of ether oxygens (including phenoxy) is 1. The summed E-state index contributed by atoms with van der Waals surface area (Å²) in [6.45, 7) is 11.4. The van der Waals surface area contributed by atoms with Gasteiger partial charge in [-0.15, -0.1) is 0 Å². The molecule has 3 heterocycles. The first kappa shape index (κ1) is 32.3. The van der Waals surface area contributed by atoms with Crippen LogP contribution >= 0.6 is 0 Å². The minimum Gasteiger partial charge on any atom is -0.365 e. The second kappa shape index (κ2) is 13.5. The Kier molecular flexibility index (Phi) is 9.71. The third kappa shape index (κ3) is 7.60. The first-order chi connectivity index (χ1) is 21.4. The van der Waals surface area contributed by atoms with Crippen LogP contribution in [0.15, 0.2) is 60.9 Å². The molecule has 0 radical (unpaired) electrons. The van der Waals surface area contributed by atoms with Crippen molar-refractivity contribution in [2.75, 3.05) is 58.8 Å². The van der Waals surface area contributed by atoms with Crippen LogP contribution in [-0.4, -0.2) is 92.2 Å². The van der Waals surface area contributed by atoms with E-state index < -0.39 is 8.07 Å². The minimum absolute atomic E-state index is 0.0547. The summed E-state index contributed by atoms with van der Waals surface area (Å²) in [6.07, 6.45) is 4.78. The van der Waals surface area contributed by atoms with Gasteiger partial charge in [-0.25, -0.2) is 4.98 Å². The molecule has 238 valence electrons. The molecule has 1 aliphatic heterocycles. The van der Waals surface area contributed by atoms with Crippen LogP contribution in [0.5, 0.6) is 0 Å². The normalized spacial score (nSPS) is 14.5. The number of hydrogen-bond donors (Lipinski definition) is 0. The predicted molar refractivity (Wildman–Crippen MR) is 184 cm³/mol. The molecule has 2 aromatic carbocycles. The Hall–Kier alpha value is -4.06. The molecule has 0 N–H and O–H groups in total. The van der Waals surface area contributed by atoms with E-state index >= 15 is 0 Å². The number of nitro groups is 1. The molecule has 0 saturated carbocycles. The predicted octanol–water partition coefficient (Wildman–Crippen LogP) is 6.43. The van der Waals surface area contributed by atoms with E-state index in [0.29, 0.717) is 24.6 Å². The fourth-order valence-electron chi connectivity index (χ4n) is 5.65. The van der Waals surface area contributed by atoms with Gasteiger partial charge in [0.25, 0.3) is 11.6 Å². The maximum Gasteiger partial charge on any atom is 0.293 e. The lowest BCUT2D eigenvalue weighted by atomic mass is 10.0. The molecule has 1 saturated heterocycles. The summed E-state index contributed by atoms with van der Waals surface area (Å²) in [7, 11) is 4.33. The first-order valence-corrected chi connectivity index (χ1v) is 19.2. The summed E-state index contributed by atoms with van der Waals surface area (Å²) in [6, 6.07) is 16.2. The molecule has 45 heavy (non-hydrogen) atoms. The van der Waals surface area contributed by atoms with Crippen molar-refractivity contribution < 1.29 is 14.5 Å². The number of fused-ring (bicyclic) bond motifs is 1. The first-order valence-electron chi connectivity index (χ1n) is 15.5. The Morgan fingerprint density at radius 3 is 2.42 bits per heavy atom. The van der Waals surface area contributed by atoms with Crippen molar-refractivity contribution >= 4 is 36.4 Å². The van der Waals surface area contributed by atoms with Gasteiger partial charge in [-0.2, -0.15) is 0 Å². The van der Waals surface area contributed by atoms with Gasteiger partial charge >= 0.3 is 0 Å². The molecule has 2 aromatic heterocycles. The number of anilines is 1. The lowest BCUT2D eigenvalue weighted by Crippen LogP contribution is -2.29. The van der Waals surface area contributed by atoms with E-state index in [0.717, 1.165) is 71.9 Å². The van der Waals surface area contributed by atoms with E-state index in [4.69, 9.17) is 9.72 Å². The molecule has 0 unspecified atom stereocenters. The van der Waals surface area contributed by atoms with Gasteiger partial charge in [0.15, 0.2) is 0 Å². The van der Waals surface area contributed by atoms with Gasteiger partial charge in [0.1, 0.15) is 18.1 Å². The molecule has 0 atom stereocenters. The van der Waals surface area contributed by atoms with E-state index in [2.05, 4.69) is 42.6 Å². The summed E-state index contributed by atoms with van der Waals surface area (Å²) < 4.78 is 8.11. The number of benzene rings is 2. The van der Waals surface area contributed by atoms with Gasteiger partial charge < -0.3 is 24.0 Å². The Morgan fingerprint density at radius 2 is 1.73 bits per heavy atom. The third-order valence-electron chi connectivity index (χ3n) is 8.36. The van der Waals surface area contributed by atoms with Crippen molar-refractivity contribution in [2.24, 2.45) is 0 Å². The molecule has 1 aliphatic rings. The van der Waals surface area contributed by atoms with Crippen molar-refractivity contribution in [1.29, 1.82) is 0 Å². The van der Waals surface area contributed by atoms with Crippen LogP contribution in [0.3, 0.4) is 0 Å². The van der Waals surface area contributed by atoms with E-state index in [9.17, 15) is 14.9 Å². The Labute approximate surface area is 266 Å². The SMILES string of the molecule is CN1CCCN(c2ccc(-c3cnc4c(c3)c(-c3ccc(C(=O)N(C)C)cc3)cn4COCC[Si](C)(C)C)cc2[N+](=O)[O-])CC1. The van der Waals surface area contributed by atoms with Crippen molar-refractivity contribution in [2.45, 2.75) is 38.8 Å². The number of amides is 1. The Morgan fingerprint density at radius 1 is 1.00 bits per heavy atom. The largest absolute Gasteiger partial charge is 0.365 e. The highest BCUT2D eigenvalue weighted by Gasteiger charge is 2.23. The van der Waals surface area contributed by atoms with Crippen LogP contribution in [0.4, 0.5) is 11.4 Å². The molecule has 0 bridgehead atoms. The van der Waals surface area contributed by atoms with Crippen LogP contribution < -0.4 is 4.90 Å². The number of likely N-dealkylation sites (N-methyl/N-ethyl adjacent to an activating group) is 1. The number of carbonyl (C=O) groups is 1. The Balaban J connectivity index is 1.53. The van der Waals surface area contributed by atoms with Crippen molar-refractivity contribution in [3.63, 3.8) is 0 Å². The lowest BCUT2D eigenvalue weighted by Gasteiger charge is -2.22. The van der Waals surface area contributed by atoms with Crippen molar-refractivity contribution in [1.82, 2.24) is 19.4 Å². The number of nitrogens with zero attached hydrogens (tertiary/aromatic N) is 6. The minimum atomic E-state index is -1.23. The molecule has 10 nitrogen and oxygen atoms in total. The third-order valence-corrected chi connectivity index (χ3v) is 10.1. The van der Waals surface area contributed by atoms with E-state index in [-0.39, 0.29) is 16.5 Å². The monoisotopic (exact) mass is 628 g/mol. The zero-order valence-corrected chi connectivity index (χ0v) is 28.2. The van der Waals surface area contributed by atoms with Crippen LogP contribution in [0, 0.1) is 10.1 Å². The van der Waals surface area contributed by atoms with Crippen molar-refractivity contribution in [3.05, 3.63) is 76.6 Å². The molecular weight excluding hydrogens is 584 g/mol. The van der Waals surface area contributed by atoms with Crippen LogP contribution in [0.25, 0.3) is 33.3 Å². The van der Waals surface area contributed by atoms with E-state index in [1.165, 1.54) is 0 Å². The number of rotatable bonds is 10. The quantitative estimate of drug-likeness (QED) is 0.0864. The van der Waals surface area contributed by atoms with Crippen molar-refractivity contribution in [3.8, 4) is 22.3 Å². The number of carbonyl (C=O) groups excluding carboxylic acids is 1. The number of nitro benzene ring substituents is 1. The molecular formula is C34H44N6O4Si. The van der Waals surface area contributed by atoms with Gasteiger partial charge in [0.2, 0.25) is 0 Å². The molecule has 1 fully saturated rings. The summed E-state index contributed by atoms with van der Waals surface area (Å²) in [5, 5.41) is 13.2. The zero-order valence-electron chi connectivity index (χ0n) is 27.2. The number of aromatic nitrogens is 2. The summed E-state index contributed by atoms with van der Waals surface area (Å²) in [5.74, 6) is -0.0547. The van der Waals surface area contributed by atoms with Crippen LogP contribution in [0.2, 0.25) is 25.7 Å². The fourth-order valence-corrected chi connectivity index (χ4v) is 6.41. The average molecular weight is 629 g/mol. The molecule has 5 rings (SSSR count). The highest BCUT2D eigenvalue weighted by Crippen LogP contribution is 2.37. The van der Waals surface area contributed by atoms with Crippen LogP contribution in [0.1, 0.15) is 16.8 Å². The topological polar surface area (TPSA) is 97.0 Å². The molecule has 11 heteroatoms.